The zero-order valence-corrected chi connectivity index (χ0v) is 14.2. The van der Waals surface area contributed by atoms with E-state index in [-0.39, 0.29) is 4.90 Å². The molecule has 0 spiro atoms. The van der Waals surface area contributed by atoms with Gasteiger partial charge in [0.2, 0.25) is 0 Å². The summed E-state index contributed by atoms with van der Waals surface area (Å²) in [6.07, 6.45) is 0. The van der Waals surface area contributed by atoms with Crippen molar-refractivity contribution in [3.05, 3.63) is 30.3 Å². The van der Waals surface area contributed by atoms with Crippen molar-refractivity contribution < 1.29 is 21.9 Å². The minimum atomic E-state index is -4.00. The van der Waals surface area contributed by atoms with E-state index >= 15 is 0 Å². The molecule has 0 aliphatic heterocycles. The molecule has 0 unspecified atom stereocenters. The number of hydrogen-bond donors (Lipinski definition) is 1. The summed E-state index contributed by atoms with van der Waals surface area (Å²) in [5.74, 6) is 0. The first kappa shape index (κ1) is 19.1. The molecule has 0 aliphatic carbocycles. The van der Waals surface area contributed by atoms with Crippen molar-refractivity contribution in [1.29, 1.82) is 0 Å². The van der Waals surface area contributed by atoms with E-state index in [1.807, 2.05) is 0 Å². The largest absolute Gasteiger partial charge is 0.326 e. The zero-order chi connectivity index (χ0) is 16.0. The van der Waals surface area contributed by atoms with Gasteiger partial charge in [-0.25, -0.2) is 0 Å². The molecule has 1 aromatic carbocycles. The second-order valence-electron chi connectivity index (χ2n) is 6.82. The maximum Gasteiger partial charge on any atom is 0.294 e. The van der Waals surface area contributed by atoms with E-state index in [0.29, 0.717) is 0 Å². The highest BCUT2D eigenvalue weighted by molar-refractivity contribution is 7.85. The fourth-order valence-electron chi connectivity index (χ4n) is 1.19. The van der Waals surface area contributed by atoms with E-state index < -0.39 is 10.1 Å². The molecule has 0 saturated heterocycles. The third kappa shape index (κ3) is 10.9. The summed E-state index contributed by atoms with van der Waals surface area (Å²) in [4.78, 5) is -0.0741. The summed E-state index contributed by atoms with van der Waals surface area (Å²) in [5.41, 5.74) is 0. The van der Waals surface area contributed by atoms with Crippen molar-refractivity contribution in [2.45, 2.75) is 4.90 Å². The first-order chi connectivity index (χ1) is 8.81. The average molecular weight is 304 g/mol. The normalized spacial score (nSPS) is 12.6. The smallest absolute Gasteiger partial charge is 0.294 e. The van der Waals surface area contributed by atoms with Crippen LogP contribution in [0.4, 0.5) is 0 Å². The Morgan fingerprint density at radius 3 is 1.40 bits per heavy atom. The highest BCUT2D eigenvalue weighted by Gasteiger charge is 2.14. The molecule has 0 amide bonds. The lowest BCUT2D eigenvalue weighted by molar-refractivity contribution is -0.927. The molecular weight excluding hydrogens is 276 g/mol. The molecule has 0 radical (unpaired) electrons. The van der Waals surface area contributed by atoms with E-state index in [1.54, 1.807) is 18.2 Å². The summed E-state index contributed by atoms with van der Waals surface area (Å²) in [7, 11) is 9.39. The Bertz CT molecular complexity index is 471. The van der Waals surface area contributed by atoms with E-state index in [9.17, 15) is 8.42 Å². The molecule has 1 N–H and O–H groups in total. The van der Waals surface area contributed by atoms with E-state index in [0.717, 1.165) is 8.97 Å². The molecule has 1 rings (SSSR count). The molecule has 6 heteroatoms. The number of likely N-dealkylation sites (N-methyl/N-ethyl adjacent to an activating group) is 2. The maximum absolute atomic E-state index is 10.4. The van der Waals surface area contributed by atoms with E-state index in [2.05, 4.69) is 42.3 Å². The van der Waals surface area contributed by atoms with Gasteiger partial charge < -0.3 is 8.97 Å². The van der Waals surface area contributed by atoms with E-state index in [1.165, 1.54) is 25.2 Å². The molecule has 0 fully saturated rings. The highest BCUT2D eigenvalue weighted by atomic mass is 32.2. The van der Waals surface area contributed by atoms with Crippen LogP contribution in [0.2, 0.25) is 0 Å². The Labute approximate surface area is 123 Å². The first-order valence-corrected chi connectivity index (χ1v) is 7.89. The molecule has 0 bridgehead atoms. The van der Waals surface area contributed by atoms with Crippen LogP contribution in [0, 0.1) is 0 Å². The van der Waals surface area contributed by atoms with Crippen molar-refractivity contribution in [2.24, 2.45) is 0 Å². The van der Waals surface area contributed by atoms with Crippen LogP contribution in [-0.4, -0.2) is 77.3 Å². The minimum absolute atomic E-state index is 0.0741. The molecule has 0 aromatic heterocycles. The van der Waals surface area contributed by atoms with Gasteiger partial charge in [0.15, 0.2) is 0 Å². The van der Waals surface area contributed by atoms with Gasteiger partial charge in [0.25, 0.3) is 10.1 Å². The topological polar surface area (TPSA) is 54.4 Å². The Morgan fingerprint density at radius 2 is 1.20 bits per heavy atom. The lowest BCUT2D eigenvalue weighted by Gasteiger charge is -2.30. The van der Waals surface area contributed by atoms with Crippen LogP contribution in [0.3, 0.4) is 0 Å². The second kappa shape index (κ2) is 7.17. The predicted octanol–water partition coefficient (Wildman–Crippen LogP) is 1.33. The molecule has 1 aromatic rings. The number of nitrogens with zero attached hydrogens (tertiary/aromatic N) is 2. The van der Waals surface area contributed by atoms with Gasteiger partial charge in [-0.05, 0) is 12.1 Å². The summed E-state index contributed by atoms with van der Waals surface area (Å²) in [6, 6.07) is 7.42. The molecule has 5 nitrogen and oxygen atoms in total. The summed E-state index contributed by atoms with van der Waals surface area (Å²) in [5, 5.41) is 0. The number of benzene rings is 1. The minimum Gasteiger partial charge on any atom is -0.326 e. The van der Waals surface area contributed by atoms with Crippen LogP contribution >= 0.6 is 0 Å². The van der Waals surface area contributed by atoms with Gasteiger partial charge in [-0.15, -0.1) is 0 Å². The van der Waals surface area contributed by atoms with Gasteiger partial charge in [0.1, 0.15) is 13.1 Å². The van der Waals surface area contributed by atoms with Crippen LogP contribution in [-0.2, 0) is 10.1 Å². The third-order valence-corrected chi connectivity index (χ3v) is 3.35. The average Bonchev–Trinajstić information content (AvgIpc) is 2.26. The maximum atomic E-state index is 10.4. The Balaban J connectivity index is 0.000000361. The second-order valence-corrected chi connectivity index (χ2v) is 8.24. The summed E-state index contributed by atoms with van der Waals surface area (Å²) >= 11 is 0. The molecule has 0 heterocycles. The van der Waals surface area contributed by atoms with Crippen LogP contribution in [0.15, 0.2) is 35.2 Å². The number of rotatable bonds is 4. The molecule has 0 saturated carbocycles. The SMILES string of the molecule is C[N+](C)(C)CC[N+](C)(C)C.O=S(=O)(O)c1ccccc1. The fraction of sp³-hybridized carbons (Fsp3) is 0.571. The van der Waals surface area contributed by atoms with Crippen molar-refractivity contribution in [3.63, 3.8) is 0 Å². The molecule has 0 atom stereocenters. The highest BCUT2D eigenvalue weighted by Crippen LogP contribution is 2.05. The zero-order valence-electron chi connectivity index (χ0n) is 13.4. The third-order valence-electron chi connectivity index (χ3n) is 2.48. The molecular formula is C14H28N2O3S+2. The Morgan fingerprint density at radius 1 is 0.850 bits per heavy atom. The Hall–Kier alpha value is -0.950. The standard InChI is InChI=1S/C8H22N2.C6H6O3S/c1-9(2,3)7-8-10(4,5)6;7-10(8,9)6-4-2-1-3-5-6/h7-8H2,1-6H3;1-5H,(H,7,8,9)/q+2;. The number of hydrogen-bond acceptors (Lipinski definition) is 2. The van der Waals surface area contributed by atoms with Gasteiger partial charge in [-0.1, -0.05) is 18.2 Å². The molecule has 116 valence electrons. The molecule has 20 heavy (non-hydrogen) atoms. The van der Waals surface area contributed by atoms with Gasteiger partial charge in [0, 0.05) is 0 Å². The van der Waals surface area contributed by atoms with Crippen molar-refractivity contribution >= 4 is 10.1 Å². The first-order valence-electron chi connectivity index (χ1n) is 6.45. The van der Waals surface area contributed by atoms with Gasteiger partial charge in [-0.3, -0.25) is 4.55 Å². The Kier molecular flexibility index (Phi) is 6.83. The van der Waals surface area contributed by atoms with Crippen LogP contribution in [0.1, 0.15) is 0 Å². The van der Waals surface area contributed by atoms with Crippen LogP contribution in [0.25, 0.3) is 0 Å². The van der Waals surface area contributed by atoms with Crippen molar-refractivity contribution in [1.82, 2.24) is 0 Å². The van der Waals surface area contributed by atoms with Crippen molar-refractivity contribution in [3.8, 4) is 0 Å². The van der Waals surface area contributed by atoms with Gasteiger partial charge in [-0.2, -0.15) is 8.42 Å². The lowest BCUT2D eigenvalue weighted by Crippen LogP contribution is -2.46. The van der Waals surface area contributed by atoms with Crippen molar-refractivity contribution in [2.75, 3.05) is 55.4 Å². The quantitative estimate of drug-likeness (QED) is 0.674. The fourth-order valence-corrected chi connectivity index (χ4v) is 1.69. The predicted molar refractivity (Wildman–Crippen MR) is 82.1 cm³/mol. The molecule has 0 aliphatic rings. The summed E-state index contributed by atoms with van der Waals surface area (Å²) < 4.78 is 31.4. The van der Waals surface area contributed by atoms with E-state index in [4.69, 9.17) is 4.55 Å². The number of quaternary nitrogens is 2. The monoisotopic (exact) mass is 304 g/mol. The van der Waals surface area contributed by atoms with Gasteiger partial charge >= 0.3 is 0 Å². The summed E-state index contributed by atoms with van der Waals surface area (Å²) in [6.45, 7) is 2.48. The van der Waals surface area contributed by atoms with Crippen LogP contribution < -0.4 is 0 Å². The lowest BCUT2D eigenvalue weighted by atomic mass is 10.4. The van der Waals surface area contributed by atoms with Crippen LogP contribution in [0.5, 0.6) is 0 Å². The van der Waals surface area contributed by atoms with Gasteiger partial charge in [0.05, 0.1) is 47.2 Å².